The van der Waals surface area contributed by atoms with Crippen molar-refractivity contribution >= 4 is 0 Å². The number of hydrogen-bond donors (Lipinski definition) is 2. The van der Waals surface area contributed by atoms with Crippen molar-refractivity contribution in [2.24, 2.45) is 0 Å². The van der Waals surface area contributed by atoms with Crippen LogP contribution in [0.15, 0.2) is 24.3 Å². The molecule has 18 heavy (non-hydrogen) atoms. The van der Waals surface area contributed by atoms with E-state index >= 15 is 0 Å². The summed E-state index contributed by atoms with van der Waals surface area (Å²) in [7, 11) is 0. The molecule has 0 heterocycles. The molecule has 0 saturated carbocycles. The van der Waals surface area contributed by atoms with Crippen molar-refractivity contribution in [2.45, 2.75) is 38.6 Å². The van der Waals surface area contributed by atoms with Gasteiger partial charge in [-0.25, -0.2) is 0 Å². The average Bonchev–Trinajstić information content (AvgIpc) is 2.25. The Morgan fingerprint density at radius 1 is 1.28 bits per heavy atom. The molecule has 1 rings (SSSR count). The molecule has 0 amide bonds. The van der Waals surface area contributed by atoms with Crippen molar-refractivity contribution in [3.63, 3.8) is 0 Å². The van der Waals surface area contributed by atoms with Gasteiger partial charge in [-0.1, -0.05) is 32.0 Å². The van der Waals surface area contributed by atoms with Crippen LogP contribution in [0.4, 0.5) is 13.2 Å². The molecule has 0 saturated heterocycles. The van der Waals surface area contributed by atoms with Gasteiger partial charge in [0.1, 0.15) is 0 Å². The lowest BCUT2D eigenvalue weighted by molar-refractivity contribution is -0.137. The van der Waals surface area contributed by atoms with Gasteiger partial charge in [-0.3, -0.25) is 0 Å². The van der Waals surface area contributed by atoms with Crippen molar-refractivity contribution in [1.29, 1.82) is 0 Å². The highest BCUT2D eigenvalue weighted by Gasteiger charge is 2.30. The molecule has 1 aromatic rings. The standard InChI is InChI=1S/C13H18F3NO/c1-9(2)17-8-12(18)7-10-4-3-5-11(6-10)13(14,15)16/h3-6,9,12,17-18H,7-8H2,1-2H3. The Labute approximate surface area is 105 Å². The minimum atomic E-state index is -4.34. The fraction of sp³-hybridized carbons (Fsp3) is 0.538. The topological polar surface area (TPSA) is 32.3 Å². The molecule has 1 aromatic carbocycles. The molecule has 0 radical (unpaired) electrons. The Hall–Kier alpha value is -1.07. The third-order valence-corrected chi connectivity index (χ3v) is 2.49. The quantitative estimate of drug-likeness (QED) is 0.854. The Balaban J connectivity index is 2.62. The van der Waals surface area contributed by atoms with E-state index in [1.54, 1.807) is 6.07 Å². The number of benzene rings is 1. The van der Waals surface area contributed by atoms with Crippen LogP contribution >= 0.6 is 0 Å². The predicted molar refractivity (Wildman–Crippen MR) is 64.3 cm³/mol. The molecule has 0 bridgehead atoms. The first-order valence-corrected chi connectivity index (χ1v) is 5.86. The number of halogens is 3. The highest BCUT2D eigenvalue weighted by atomic mass is 19.4. The van der Waals surface area contributed by atoms with Crippen LogP contribution in [0.3, 0.4) is 0 Å². The average molecular weight is 261 g/mol. The number of aliphatic hydroxyl groups excluding tert-OH is 1. The van der Waals surface area contributed by atoms with Gasteiger partial charge in [-0.2, -0.15) is 13.2 Å². The van der Waals surface area contributed by atoms with Crippen molar-refractivity contribution < 1.29 is 18.3 Å². The van der Waals surface area contributed by atoms with Gasteiger partial charge in [0.2, 0.25) is 0 Å². The molecular formula is C13H18F3NO. The van der Waals surface area contributed by atoms with E-state index in [1.165, 1.54) is 6.07 Å². The summed E-state index contributed by atoms with van der Waals surface area (Å²) in [5.41, 5.74) is -0.188. The van der Waals surface area contributed by atoms with Gasteiger partial charge < -0.3 is 10.4 Å². The first kappa shape index (κ1) is 15.0. The molecule has 5 heteroatoms. The van der Waals surface area contributed by atoms with Gasteiger partial charge in [0.15, 0.2) is 0 Å². The van der Waals surface area contributed by atoms with Crippen molar-refractivity contribution in [3.8, 4) is 0 Å². The summed E-state index contributed by atoms with van der Waals surface area (Å²) in [6, 6.07) is 5.30. The first-order valence-electron chi connectivity index (χ1n) is 5.86. The molecule has 0 aliphatic carbocycles. The summed E-state index contributed by atoms with van der Waals surface area (Å²) in [5, 5.41) is 12.7. The van der Waals surface area contributed by atoms with Gasteiger partial charge in [0.25, 0.3) is 0 Å². The number of alkyl halides is 3. The second-order valence-corrected chi connectivity index (χ2v) is 4.62. The van der Waals surface area contributed by atoms with Crippen molar-refractivity contribution in [1.82, 2.24) is 5.32 Å². The lowest BCUT2D eigenvalue weighted by atomic mass is 10.0. The van der Waals surface area contributed by atoms with E-state index < -0.39 is 17.8 Å². The number of hydrogen-bond acceptors (Lipinski definition) is 2. The monoisotopic (exact) mass is 261 g/mol. The second kappa shape index (κ2) is 6.20. The Kier molecular flexibility index (Phi) is 5.16. The molecule has 0 spiro atoms. The maximum Gasteiger partial charge on any atom is 0.416 e. The minimum absolute atomic E-state index is 0.212. The molecule has 102 valence electrons. The summed E-state index contributed by atoms with van der Waals surface area (Å²) < 4.78 is 37.5. The van der Waals surface area contributed by atoms with Crippen LogP contribution in [0, 0.1) is 0 Å². The highest BCUT2D eigenvalue weighted by Crippen LogP contribution is 2.29. The molecule has 1 atom stereocenters. The summed E-state index contributed by atoms with van der Waals surface area (Å²) in [6.45, 7) is 4.25. The summed E-state index contributed by atoms with van der Waals surface area (Å²) in [4.78, 5) is 0. The fourth-order valence-electron chi connectivity index (χ4n) is 1.59. The Morgan fingerprint density at radius 2 is 1.94 bits per heavy atom. The van der Waals surface area contributed by atoms with E-state index in [0.29, 0.717) is 12.1 Å². The van der Waals surface area contributed by atoms with Crippen LogP contribution in [0.2, 0.25) is 0 Å². The number of rotatable bonds is 5. The van der Waals surface area contributed by atoms with E-state index in [2.05, 4.69) is 5.32 Å². The largest absolute Gasteiger partial charge is 0.416 e. The van der Waals surface area contributed by atoms with E-state index in [9.17, 15) is 18.3 Å². The summed E-state index contributed by atoms with van der Waals surface area (Å²) in [6.07, 6.45) is -4.81. The maximum absolute atomic E-state index is 12.5. The lowest BCUT2D eigenvalue weighted by Crippen LogP contribution is -2.33. The van der Waals surface area contributed by atoms with Gasteiger partial charge >= 0.3 is 6.18 Å². The van der Waals surface area contributed by atoms with Gasteiger partial charge in [-0.05, 0) is 18.1 Å². The third-order valence-electron chi connectivity index (χ3n) is 2.49. The predicted octanol–water partition coefficient (Wildman–Crippen LogP) is 2.61. The second-order valence-electron chi connectivity index (χ2n) is 4.62. The molecule has 2 nitrogen and oxygen atoms in total. The van der Waals surface area contributed by atoms with E-state index in [0.717, 1.165) is 12.1 Å². The van der Waals surface area contributed by atoms with E-state index in [1.807, 2.05) is 13.8 Å². The Morgan fingerprint density at radius 3 is 2.50 bits per heavy atom. The Bertz CT molecular complexity index is 377. The van der Waals surface area contributed by atoms with Gasteiger partial charge in [0.05, 0.1) is 11.7 Å². The normalized spacial score (nSPS) is 13.9. The van der Waals surface area contributed by atoms with Crippen molar-refractivity contribution in [2.75, 3.05) is 6.54 Å². The molecule has 2 N–H and O–H groups in total. The number of nitrogens with one attached hydrogen (secondary N) is 1. The zero-order valence-corrected chi connectivity index (χ0v) is 10.5. The lowest BCUT2D eigenvalue weighted by Gasteiger charge is -2.15. The molecule has 1 unspecified atom stereocenters. The van der Waals surface area contributed by atoms with Crippen LogP contribution in [0.1, 0.15) is 25.0 Å². The first-order chi connectivity index (χ1) is 8.29. The van der Waals surface area contributed by atoms with Crippen LogP contribution in [-0.4, -0.2) is 23.8 Å². The summed E-state index contributed by atoms with van der Waals surface area (Å²) in [5.74, 6) is 0. The van der Waals surface area contributed by atoms with Crippen molar-refractivity contribution in [3.05, 3.63) is 35.4 Å². The molecule has 0 aromatic heterocycles. The summed E-state index contributed by atoms with van der Waals surface area (Å²) >= 11 is 0. The molecule has 0 fully saturated rings. The minimum Gasteiger partial charge on any atom is -0.391 e. The fourth-order valence-corrected chi connectivity index (χ4v) is 1.59. The third kappa shape index (κ3) is 5.06. The van der Waals surface area contributed by atoms with Crippen LogP contribution in [0.5, 0.6) is 0 Å². The highest BCUT2D eigenvalue weighted by molar-refractivity contribution is 5.26. The van der Waals surface area contributed by atoms with Gasteiger partial charge in [-0.15, -0.1) is 0 Å². The van der Waals surface area contributed by atoms with Gasteiger partial charge in [0, 0.05) is 12.6 Å². The van der Waals surface area contributed by atoms with Crippen LogP contribution < -0.4 is 5.32 Å². The zero-order chi connectivity index (χ0) is 13.8. The van der Waals surface area contributed by atoms with Crippen LogP contribution in [-0.2, 0) is 12.6 Å². The zero-order valence-electron chi connectivity index (χ0n) is 10.5. The SMILES string of the molecule is CC(C)NCC(O)Cc1cccc(C(F)(F)F)c1. The molecule has 0 aliphatic heterocycles. The molecular weight excluding hydrogens is 243 g/mol. The molecule has 0 aliphatic rings. The maximum atomic E-state index is 12.5. The smallest absolute Gasteiger partial charge is 0.391 e. The number of aliphatic hydroxyl groups is 1. The van der Waals surface area contributed by atoms with E-state index in [4.69, 9.17) is 0 Å². The van der Waals surface area contributed by atoms with Crippen LogP contribution in [0.25, 0.3) is 0 Å². The van der Waals surface area contributed by atoms with E-state index in [-0.39, 0.29) is 12.5 Å².